The molecule has 0 aromatic rings. The summed E-state index contributed by atoms with van der Waals surface area (Å²) in [5.41, 5.74) is 59.2. The van der Waals surface area contributed by atoms with Crippen molar-refractivity contribution in [2.24, 2.45) is 57.3 Å². The lowest BCUT2D eigenvalue weighted by atomic mass is 10.3. The molecule has 0 atom stereocenters. The van der Waals surface area contributed by atoms with Crippen molar-refractivity contribution in [1.29, 1.82) is 0 Å². The Morgan fingerprint density at radius 2 is 0.284 bits per heavy atom. The van der Waals surface area contributed by atoms with Crippen molar-refractivity contribution in [2.75, 3.05) is 288 Å². The first-order valence-corrected chi connectivity index (χ1v) is 26.2. The highest BCUT2D eigenvalue weighted by Crippen LogP contribution is 2.02. The molecule has 0 heterocycles. The first-order chi connectivity index (χ1) is 32.9. The van der Waals surface area contributed by atoms with Gasteiger partial charge < -0.3 is 83.9 Å². The monoisotopic (exact) mass is 964 g/mol. The lowest BCUT2D eigenvalue weighted by molar-refractivity contribution is 0.134. The molecule has 67 heavy (non-hydrogen) atoms. The highest BCUT2D eigenvalue weighted by Gasteiger charge is 2.17. The SMILES string of the molecule is NCCNCCN(CCN)CCN(CCNCCN)CCN(CCN(CCN)CCNCCN)CCN(CCN(CCN)CCN)CCN(CCNCCN)CCNCCN(CCN)CCN. The Kier molecular flexibility index (Phi) is 50.7. The molecule has 0 aliphatic heterocycles. The zero-order valence-electron chi connectivity index (χ0n) is 43.0. The van der Waals surface area contributed by atoms with Gasteiger partial charge in [0.25, 0.3) is 0 Å². The quantitative estimate of drug-likeness (QED) is 0.0252. The number of nitrogens with one attached hydrogen (secondary N) is 5. The first-order valence-electron chi connectivity index (χ1n) is 26.2. The summed E-state index contributed by atoms with van der Waals surface area (Å²) in [5.74, 6) is 0. The maximum absolute atomic E-state index is 6.15. The van der Waals surface area contributed by atoms with Crippen molar-refractivity contribution < 1.29 is 0 Å². The van der Waals surface area contributed by atoms with Crippen LogP contribution >= 0.6 is 0 Å². The van der Waals surface area contributed by atoms with Crippen LogP contribution in [0, 0.1) is 0 Å². The molecule has 25 N–H and O–H groups in total. The maximum Gasteiger partial charge on any atom is 0.0110 e. The van der Waals surface area contributed by atoms with Crippen LogP contribution < -0.4 is 83.9 Å². The van der Waals surface area contributed by atoms with Crippen LogP contribution in [0.15, 0.2) is 0 Å². The molecular formula is C44H113N23. The second kappa shape index (κ2) is 51.4. The Bertz CT molecular complexity index is 954. The third kappa shape index (κ3) is 41.4. The summed E-state index contributed by atoms with van der Waals surface area (Å²) in [4.78, 5) is 20.2. The fraction of sp³-hybridized carbons (Fsp3) is 1.00. The molecule has 23 heteroatoms. The summed E-state index contributed by atoms with van der Waals surface area (Å²) in [7, 11) is 0. The molecule has 0 aliphatic carbocycles. The first kappa shape index (κ1) is 66.1. The van der Waals surface area contributed by atoms with E-state index >= 15 is 0 Å². The summed E-state index contributed by atoms with van der Waals surface area (Å²) >= 11 is 0. The van der Waals surface area contributed by atoms with Gasteiger partial charge in [0.1, 0.15) is 0 Å². The van der Waals surface area contributed by atoms with E-state index in [4.69, 9.17) is 57.3 Å². The molecule has 0 saturated carbocycles. The standard InChI is InChI=1S/C44H113N23/c45-1-11-55-15-28-62(25-9-53)34-37-65(32-18-58-14-4-48)38-42-67(40-35-63(26-10-54)29-16-56-12-2-46)44-43-66(39-33-61(23-7-51)24-8-52)41-36-64(30-17-57-13-3-47)31-20-59-19-27-60(21-5-49)22-6-50/h55-59H,1-54H2. The smallest absolute Gasteiger partial charge is 0.0110 e. The van der Waals surface area contributed by atoms with E-state index in [9.17, 15) is 0 Å². The van der Waals surface area contributed by atoms with Gasteiger partial charge in [-0.2, -0.15) is 0 Å². The lowest BCUT2D eigenvalue weighted by Crippen LogP contribution is -2.49. The number of hydrogen-bond donors (Lipinski definition) is 15. The minimum absolute atomic E-state index is 0.620. The number of rotatable bonds is 56. The van der Waals surface area contributed by atoms with Crippen LogP contribution in [-0.4, -0.2) is 327 Å². The van der Waals surface area contributed by atoms with Crippen LogP contribution in [0.1, 0.15) is 0 Å². The Labute approximate surface area is 410 Å². The van der Waals surface area contributed by atoms with Crippen LogP contribution in [0.25, 0.3) is 0 Å². The van der Waals surface area contributed by atoms with Crippen molar-refractivity contribution in [3.05, 3.63) is 0 Å². The Morgan fingerprint density at radius 1 is 0.149 bits per heavy atom. The molecule has 0 aromatic heterocycles. The van der Waals surface area contributed by atoms with Gasteiger partial charge in [-0.15, -0.1) is 0 Å². The molecule has 0 unspecified atom stereocenters. The number of nitrogens with zero attached hydrogens (tertiary/aromatic N) is 8. The van der Waals surface area contributed by atoms with E-state index in [1.54, 1.807) is 0 Å². The van der Waals surface area contributed by atoms with E-state index in [-0.39, 0.29) is 0 Å². The van der Waals surface area contributed by atoms with Crippen LogP contribution in [-0.2, 0) is 0 Å². The van der Waals surface area contributed by atoms with Gasteiger partial charge in [0.15, 0.2) is 0 Å². The molecule has 0 aliphatic rings. The summed E-state index contributed by atoms with van der Waals surface area (Å²) in [6.07, 6.45) is 0. The predicted octanol–water partition coefficient (Wildman–Crippen LogP) is -9.06. The van der Waals surface area contributed by atoms with E-state index in [0.717, 1.165) is 223 Å². The molecule has 0 radical (unpaired) electrons. The Hall–Kier alpha value is -0.920. The molecule has 0 fully saturated rings. The lowest BCUT2D eigenvalue weighted by Gasteiger charge is -2.34. The topological polar surface area (TPSA) is 346 Å². The summed E-state index contributed by atoms with van der Waals surface area (Å²) < 4.78 is 0. The molecular weight excluding hydrogens is 851 g/mol. The normalized spacial score (nSPS) is 12.4. The second-order valence-electron chi connectivity index (χ2n) is 17.4. The van der Waals surface area contributed by atoms with Gasteiger partial charge in [-0.25, -0.2) is 0 Å². The Balaban J connectivity index is 6.30. The summed E-state index contributed by atoms with van der Waals surface area (Å²) in [5, 5.41) is 17.6. The van der Waals surface area contributed by atoms with Gasteiger partial charge >= 0.3 is 0 Å². The van der Waals surface area contributed by atoms with Gasteiger partial charge in [-0.3, -0.25) is 39.2 Å². The highest BCUT2D eigenvalue weighted by molar-refractivity contribution is 4.75. The van der Waals surface area contributed by atoms with Gasteiger partial charge in [0.05, 0.1) is 0 Å². The summed E-state index contributed by atoms with van der Waals surface area (Å²) in [6, 6.07) is 0. The average molecular weight is 965 g/mol. The Morgan fingerprint density at radius 3 is 0.478 bits per heavy atom. The van der Waals surface area contributed by atoms with Crippen LogP contribution in [0.3, 0.4) is 0 Å². The van der Waals surface area contributed by atoms with E-state index < -0.39 is 0 Å². The number of nitrogens with two attached hydrogens (primary N) is 10. The summed E-state index contributed by atoms with van der Waals surface area (Å²) in [6.45, 7) is 37.4. The van der Waals surface area contributed by atoms with Crippen molar-refractivity contribution in [1.82, 2.24) is 65.8 Å². The van der Waals surface area contributed by atoms with Crippen molar-refractivity contribution in [3.8, 4) is 0 Å². The second-order valence-corrected chi connectivity index (χ2v) is 17.4. The molecule has 0 amide bonds. The van der Waals surface area contributed by atoms with Gasteiger partial charge in [-0.05, 0) is 0 Å². The van der Waals surface area contributed by atoms with E-state index in [1.165, 1.54) is 0 Å². The molecule has 404 valence electrons. The van der Waals surface area contributed by atoms with Crippen molar-refractivity contribution >= 4 is 0 Å². The van der Waals surface area contributed by atoms with Crippen molar-refractivity contribution in [3.63, 3.8) is 0 Å². The molecule has 0 bridgehead atoms. The third-order valence-electron chi connectivity index (χ3n) is 12.0. The third-order valence-corrected chi connectivity index (χ3v) is 12.0. The fourth-order valence-electron chi connectivity index (χ4n) is 7.93. The van der Waals surface area contributed by atoms with Gasteiger partial charge in [-0.1, -0.05) is 0 Å². The van der Waals surface area contributed by atoms with E-state index in [1.807, 2.05) is 0 Å². The minimum atomic E-state index is 0.620. The molecule has 0 aromatic carbocycles. The maximum atomic E-state index is 6.15. The predicted molar refractivity (Wildman–Crippen MR) is 286 cm³/mol. The van der Waals surface area contributed by atoms with E-state index in [0.29, 0.717) is 65.4 Å². The van der Waals surface area contributed by atoms with E-state index in [2.05, 4.69) is 65.8 Å². The zero-order chi connectivity index (χ0) is 49.3. The largest absolute Gasteiger partial charge is 0.329 e. The average Bonchev–Trinajstić information content (AvgIpc) is 3.32. The molecule has 0 rings (SSSR count). The van der Waals surface area contributed by atoms with Crippen molar-refractivity contribution in [2.45, 2.75) is 0 Å². The van der Waals surface area contributed by atoms with Gasteiger partial charge in [0.2, 0.25) is 0 Å². The van der Waals surface area contributed by atoms with Crippen LogP contribution in [0.5, 0.6) is 0 Å². The van der Waals surface area contributed by atoms with Crippen LogP contribution in [0.4, 0.5) is 0 Å². The van der Waals surface area contributed by atoms with Crippen LogP contribution in [0.2, 0.25) is 0 Å². The molecule has 0 saturated heterocycles. The molecule has 23 nitrogen and oxygen atoms in total. The number of hydrogen-bond acceptors (Lipinski definition) is 23. The highest BCUT2D eigenvalue weighted by atomic mass is 15.3. The fourth-order valence-corrected chi connectivity index (χ4v) is 7.93. The zero-order valence-corrected chi connectivity index (χ0v) is 43.0. The minimum Gasteiger partial charge on any atom is -0.329 e. The van der Waals surface area contributed by atoms with Gasteiger partial charge in [0, 0.05) is 288 Å². The molecule has 0 spiro atoms.